The van der Waals surface area contributed by atoms with Crippen molar-refractivity contribution in [2.45, 2.75) is 26.4 Å². The van der Waals surface area contributed by atoms with E-state index in [4.69, 9.17) is 4.74 Å². The zero-order valence-electron chi connectivity index (χ0n) is 18.2. The van der Waals surface area contributed by atoms with Gasteiger partial charge in [0, 0.05) is 35.5 Å². The summed E-state index contributed by atoms with van der Waals surface area (Å²) in [7, 11) is 0. The Kier molecular flexibility index (Phi) is 6.52. The standard InChI is InChI=1S/C27H25N3O2/c1-19(2)32-25-13-12-21(11-10-20-7-4-3-5-8-20)17-24(25)27(31)29-16-14-22-18-30-26-23(22)9-6-15-28-26/h3-9,12-13,15,17-19H,14,16H2,1-2H3,(H,28,30)(H,29,31). The van der Waals surface area contributed by atoms with E-state index in [1.807, 2.05) is 74.6 Å². The number of amides is 1. The molecule has 4 aromatic rings. The number of benzene rings is 2. The molecular formula is C27H25N3O2. The summed E-state index contributed by atoms with van der Waals surface area (Å²) in [5.74, 6) is 6.65. The van der Waals surface area contributed by atoms with Crippen molar-refractivity contribution in [3.63, 3.8) is 0 Å². The second kappa shape index (κ2) is 9.84. The number of nitrogens with one attached hydrogen (secondary N) is 2. The summed E-state index contributed by atoms with van der Waals surface area (Å²) >= 11 is 0. The van der Waals surface area contributed by atoms with Crippen molar-refractivity contribution in [3.8, 4) is 17.6 Å². The molecule has 4 rings (SSSR count). The van der Waals surface area contributed by atoms with Gasteiger partial charge >= 0.3 is 0 Å². The lowest BCUT2D eigenvalue weighted by atomic mass is 10.1. The molecule has 2 N–H and O–H groups in total. The van der Waals surface area contributed by atoms with Crippen LogP contribution in [0.25, 0.3) is 11.0 Å². The van der Waals surface area contributed by atoms with Crippen molar-refractivity contribution in [3.05, 3.63) is 95.3 Å². The first-order valence-electron chi connectivity index (χ1n) is 10.7. The quantitative estimate of drug-likeness (QED) is 0.441. The van der Waals surface area contributed by atoms with Crippen LogP contribution in [0, 0.1) is 11.8 Å². The van der Waals surface area contributed by atoms with Gasteiger partial charge < -0.3 is 15.0 Å². The van der Waals surface area contributed by atoms with Gasteiger partial charge in [-0.1, -0.05) is 30.0 Å². The lowest BCUT2D eigenvalue weighted by Gasteiger charge is -2.14. The van der Waals surface area contributed by atoms with Gasteiger partial charge in [0.1, 0.15) is 11.4 Å². The Bertz CT molecular complexity index is 1280. The second-order valence-electron chi connectivity index (χ2n) is 7.71. The molecule has 0 saturated heterocycles. The van der Waals surface area contributed by atoms with Crippen molar-refractivity contribution in [2.75, 3.05) is 6.54 Å². The molecule has 0 aliphatic carbocycles. The SMILES string of the molecule is CC(C)Oc1ccc(C#Cc2ccccc2)cc1C(=O)NCCc1c[nH]c2ncccc12. The lowest BCUT2D eigenvalue weighted by molar-refractivity contribution is 0.0948. The zero-order chi connectivity index (χ0) is 22.3. The maximum absolute atomic E-state index is 13.0. The molecule has 0 atom stereocenters. The van der Waals surface area contributed by atoms with Crippen LogP contribution in [0.5, 0.6) is 5.75 Å². The van der Waals surface area contributed by atoms with Gasteiger partial charge in [0.25, 0.3) is 5.91 Å². The summed E-state index contributed by atoms with van der Waals surface area (Å²) in [5.41, 5.74) is 4.15. The van der Waals surface area contributed by atoms with Gasteiger partial charge in [-0.15, -0.1) is 0 Å². The number of pyridine rings is 1. The minimum Gasteiger partial charge on any atom is -0.490 e. The molecule has 160 valence electrons. The minimum absolute atomic E-state index is 0.0403. The first-order valence-corrected chi connectivity index (χ1v) is 10.7. The summed E-state index contributed by atoms with van der Waals surface area (Å²) < 4.78 is 5.87. The van der Waals surface area contributed by atoms with Crippen LogP contribution in [0.3, 0.4) is 0 Å². The number of hydrogen-bond donors (Lipinski definition) is 2. The Morgan fingerprint density at radius 3 is 2.69 bits per heavy atom. The highest BCUT2D eigenvalue weighted by atomic mass is 16.5. The molecule has 0 bridgehead atoms. The van der Waals surface area contributed by atoms with E-state index in [1.165, 1.54) is 0 Å². The van der Waals surface area contributed by atoms with Gasteiger partial charge in [0.05, 0.1) is 11.7 Å². The third-order valence-electron chi connectivity index (χ3n) is 4.93. The molecule has 2 aromatic carbocycles. The third kappa shape index (κ3) is 5.16. The molecule has 0 spiro atoms. The fourth-order valence-electron chi connectivity index (χ4n) is 3.43. The summed E-state index contributed by atoms with van der Waals surface area (Å²) in [6.45, 7) is 4.38. The fourth-order valence-corrected chi connectivity index (χ4v) is 3.43. The summed E-state index contributed by atoms with van der Waals surface area (Å²) in [5, 5.41) is 4.09. The number of aromatic nitrogens is 2. The number of carbonyl (C=O) groups is 1. The summed E-state index contributed by atoms with van der Waals surface area (Å²) in [6.07, 6.45) is 4.36. The van der Waals surface area contributed by atoms with Gasteiger partial charge in [0.2, 0.25) is 0 Å². The average molecular weight is 424 g/mol. The number of rotatable bonds is 6. The van der Waals surface area contributed by atoms with E-state index in [-0.39, 0.29) is 12.0 Å². The Morgan fingerprint density at radius 2 is 1.88 bits per heavy atom. The molecule has 0 unspecified atom stereocenters. The fraction of sp³-hybridized carbons (Fsp3) is 0.185. The molecule has 0 saturated carbocycles. The number of hydrogen-bond acceptors (Lipinski definition) is 3. The van der Waals surface area contributed by atoms with Crippen LogP contribution in [-0.4, -0.2) is 28.5 Å². The average Bonchev–Trinajstić information content (AvgIpc) is 3.22. The van der Waals surface area contributed by atoms with E-state index in [9.17, 15) is 4.79 Å². The van der Waals surface area contributed by atoms with Crippen LogP contribution >= 0.6 is 0 Å². The van der Waals surface area contributed by atoms with Gasteiger partial charge in [0.15, 0.2) is 0 Å². The highest BCUT2D eigenvalue weighted by Gasteiger charge is 2.15. The first-order chi connectivity index (χ1) is 15.6. The Balaban J connectivity index is 1.50. The van der Waals surface area contributed by atoms with E-state index >= 15 is 0 Å². The third-order valence-corrected chi connectivity index (χ3v) is 4.93. The predicted octanol–water partition coefficient (Wildman–Crippen LogP) is 4.72. The van der Waals surface area contributed by atoms with Crippen LogP contribution in [-0.2, 0) is 6.42 Å². The normalized spacial score (nSPS) is 10.6. The molecule has 0 aliphatic rings. The highest BCUT2D eigenvalue weighted by molar-refractivity contribution is 5.97. The van der Waals surface area contributed by atoms with Gasteiger partial charge in [-0.25, -0.2) is 4.98 Å². The predicted molar refractivity (Wildman–Crippen MR) is 127 cm³/mol. The smallest absolute Gasteiger partial charge is 0.255 e. The highest BCUT2D eigenvalue weighted by Crippen LogP contribution is 2.22. The van der Waals surface area contributed by atoms with Crippen molar-refractivity contribution >= 4 is 16.9 Å². The lowest BCUT2D eigenvalue weighted by Crippen LogP contribution is -2.26. The number of fused-ring (bicyclic) bond motifs is 1. The van der Waals surface area contributed by atoms with E-state index in [0.717, 1.165) is 27.7 Å². The molecule has 2 heterocycles. The van der Waals surface area contributed by atoms with Gasteiger partial charge in [-0.3, -0.25) is 4.79 Å². The number of H-pyrrole nitrogens is 1. The first kappa shape index (κ1) is 21.2. The Hall–Kier alpha value is -4.04. The van der Waals surface area contributed by atoms with Crippen LogP contribution in [0.4, 0.5) is 0 Å². The van der Waals surface area contributed by atoms with Crippen molar-refractivity contribution in [1.82, 2.24) is 15.3 Å². The van der Waals surface area contributed by atoms with Crippen LogP contribution < -0.4 is 10.1 Å². The summed E-state index contributed by atoms with van der Waals surface area (Å²) in [4.78, 5) is 20.5. The Morgan fingerprint density at radius 1 is 1.06 bits per heavy atom. The molecule has 0 aliphatic heterocycles. The Labute approximate surface area is 187 Å². The maximum Gasteiger partial charge on any atom is 0.255 e. The largest absolute Gasteiger partial charge is 0.490 e. The van der Waals surface area contributed by atoms with E-state index < -0.39 is 0 Å². The van der Waals surface area contributed by atoms with Crippen molar-refractivity contribution in [1.29, 1.82) is 0 Å². The van der Waals surface area contributed by atoms with Crippen molar-refractivity contribution in [2.24, 2.45) is 0 Å². The second-order valence-corrected chi connectivity index (χ2v) is 7.71. The monoisotopic (exact) mass is 423 g/mol. The number of ether oxygens (including phenoxy) is 1. The van der Waals surface area contributed by atoms with Crippen molar-refractivity contribution < 1.29 is 9.53 Å². The number of aromatic amines is 1. The van der Waals surface area contributed by atoms with Crippen LogP contribution in [0.2, 0.25) is 0 Å². The van der Waals surface area contributed by atoms with E-state index in [1.54, 1.807) is 12.3 Å². The van der Waals surface area contributed by atoms with Gasteiger partial charge in [-0.05, 0) is 68.3 Å². The molecule has 32 heavy (non-hydrogen) atoms. The van der Waals surface area contributed by atoms with E-state index in [2.05, 4.69) is 27.1 Å². The van der Waals surface area contributed by atoms with Crippen LogP contribution in [0.1, 0.15) is 40.9 Å². The molecule has 2 aromatic heterocycles. The van der Waals surface area contributed by atoms with Gasteiger partial charge in [-0.2, -0.15) is 0 Å². The minimum atomic E-state index is -0.179. The zero-order valence-corrected chi connectivity index (χ0v) is 18.2. The molecule has 5 heteroatoms. The summed E-state index contributed by atoms with van der Waals surface area (Å²) in [6, 6.07) is 19.2. The topological polar surface area (TPSA) is 67.0 Å². The molecule has 1 amide bonds. The number of carbonyl (C=O) groups excluding carboxylic acids is 1. The van der Waals surface area contributed by atoms with Crippen LogP contribution in [0.15, 0.2) is 73.1 Å². The van der Waals surface area contributed by atoms with E-state index in [0.29, 0.717) is 24.3 Å². The molecule has 0 radical (unpaired) electrons. The maximum atomic E-state index is 13.0. The molecule has 5 nitrogen and oxygen atoms in total. The molecule has 0 fully saturated rings. The number of nitrogens with zero attached hydrogens (tertiary/aromatic N) is 1. The molecular weight excluding hydrogens is 398 g/mol.